The van der Waals surface area contributed by atoms with E-state index in [1.807, 2.05) is 6.07 Å². The number of rotatable bonds is 5. The van der Waals surface area contributed by atoms with E-state index in [0.717, 1.165) is 11.3 Å². The summed E-state index contributed by atoms with van der Waals surface area (Å²) >= 11 is 6.27. The molecule has 11 heteroatoms. The van der Waals surface area contributed by atoms with Gasteiger partial charge in [0.1, 0.15) is 12.1 Å². The topological polar surface area (TPSA) is 123 Å². The molecule has 5 aliphatic rings. The van der Waals surface area contributed by atoms with E-state index in [1.54, 1.807) is 36.4 Å². The summed E-state index contributed by atoms with van der Waals surface area (Å²) in [5.74, 6) is -7.19. The number of hydrogen-bond donors (Lipinski definition) is 3. The Balaban J connectivity index is 1.36. The van der Waals surface area contributed by atoms with Crippen LogP contribution in [0.15, 0.2) is 42.5 Å². The van der Waals surface area contributed by atoms with Crippen molar-refractivity contribution in [2.24, 2.45) is 11.8 Å². The number of halogens is 3. The first-order chi connectivity index (χ1) is 19.6. The number of carbonyl (C=O) groups excluding carboxylic acids is 3. The van der Waals surface area contributed by atoms with Crippen LogP contribution in [-0.2, 0) is 20.0 Å². The number of nitriles is 1. The molecule has 2 aromatic rings. The highest BCUT2D eigenvalue weighted by molar-refractivity contribution is 6.31. The summed E-state index contributed by atoms with van der Waals surface area (Å²) in [5, 5.41) is 27.6. The number of aliphatic hydroxyl groups is 1. The molecule has 3 saturated heterocycles. The maximum atomic E-state index is 15.3. The summed E-state index contributed by atoms with van der Waals surface area (Å²) in [6, 6.07) is 9.88. The minimum Gasteiger partial charge on any atom is -0.372 e. The number of fused-ring (bicyclic) bond motifs is 6. The van der Waals surface area contributed by atoms with Crippen LogP contribution in [0.1, 0.15) is 49.7 Å². The SMILES string of the molecule is N#C[C@H](C[C@@H]1CCCNC1=O)NC(=O)[C@@H]1[C@@H]2CC[C@@H](CC2(F)F)N1C(=O)C1(O)c2ccccc2-c2ccc(Cl)cc21. The molecule has 3 aliphatic heterocycles. The van der Waals surface area contributed by atoms with Crippen LogP contribution in [0, 0.1) is 23.2 Å². The van der Waals surface area contributed by atoms with Gasteiger partial charge in [-0.25, -0.2) is 8.78 Å². The molecular weight excluding hydrogens is 554 g/mol. The lowest BCUT2D eigenvalue weighted by molar-refractivity contribution is -0.201. The molecule has 6 atom stereocenters. The number of carbonyl (C=O) groups is 3. The fraction of sp³-hybridized carbons (Fsp3) is 0.467. The summed E-state index contributed by atoms with van der Waals surface area (Å²) < 4.78 is 30.6. The quantitative estimate of drug-likeness (QED) is 0.498. The van der Waals surface area contributed by atoms with E-state index in [1.165, 1.54) is 6.07 Å². The maximum Gasteiger partial charge on any atom is 0.264 e. The number of hydrogen-bond acceptors (Lipinski definition) is 5. The zero-order valence-corrected chi connectivity index (χ0v) is 22.8. The number of nitrogens with one attached hydrogen (secondary N) is 2. The fourth-order valence-electron chi connectivity index (χ4n) is 7.19. The average Bonchev–Trinajstić information content (AvgIpc) is 3.21. The molecule has 3 N–H and O–H groups in total. The van der Waals surface area contributed by atoms with E-state index in [-0.39, 0.29) is 41.3 Å². The standard InChI is InChI=1S/C30H29ClF2N4O4/c31-17-7-9-21-20-5-1-2-6-22(20)30(41,24(21)13-17)28(40)37-19-8-10-23(29(32,33)14-19)25(37)27(39)36-18(15-34)12-16-4-3-11-35-26(16)38/h1-2,5-7,9,13,16,18-19,23,25,41H,3-4,8,10-12,14H2,(H,35,38)(H,36,39)/t16-,18-,19-,23-,25-,30?/m0/s1. The van der Waals surface area contributed by atoms with Crippen molar-refractivity contribution in [3.8, 4) is 17.2 Å². The highest BCUT2D eigenvalue weighted by atomic mass is 35.5. The number of alkyl halides is 2. The molecule has 7 rings (SSSR count). The zero-order valence-electron chi connectivity index (χ0n) is 22.1. The Bertz CT molecular complexity index is 1480. The largest absolute Gasteiger partial charge is 0.372 e. The van der Waals surface area contributed by atoms with Gasteiger partial charge in [-0.15, -0.1) is 0 Å². The van der Waals surface area contributed by atoms with Gasteiger partial charge in [0, 0.05) is 41.1 Å². The van der Waals surface area contributed by atoms with Crippen LogP contribution in [0.3, 0.4) is 0 Å². The Morgan fingerprint density at radius 2 is 1.93 bits per heavy atom. The number of piperidine rings is 3. The van der Waals surface area contributed by atoms with E-state index >= 15 is 8.78 Å². The van der Waals surface area contributed by atoms with Crippen LogP contribution in [0.25, 0.3) is 11.1 Å². The van der Waals surface area contributed by atoms with Gasteiger partial charge in [0.2, 0.25) is 11.8 Å². The van der Waals surface area contributed by atoms with Gasteiger partial charge in [-0.1, -0.05) is 41.9 Å². The molecule has 2 bridgehead atoms. The molecule has 214 valence electrons. The molecule has 3 heterocycles. The lowest BCUT2D eigenvalue weighted by Crippen LogP contribution is -2.70. The van der Waals surface area contributed by atoms with E-state index < -0.39 is 59.7 Å². The first kappa shape index (κ1) is 27.6. The summed E-state index contributed by atoms with van der Waals surface area (Å²) in [4.78, 5) is 41.6. The third-order valence-corrected chi connectivity index (χ3v) is 9.35. The molecule has 1 unspecified atom stereocenters. The van der Waals surface area contributed by atoms with Crippen molar-refractivity contribution < 1.29 is 28.3 Å². The molecule has 41 heavy (non-hydrogen) atoms. The van der Waals surface area contributed by atoms with Gasteiger partial charge in [-0.05, 0) is 55.4 Å². The van der Waals surface area contributed by atoms with Gasteiger partial charge in [-0.3, -0.25) is 14.4 Å². The van der Waals surface area contributed by atoms with Gasteiger partial charge < -0.3 is 20.6 Å². The molecule has 3 amide bonds. The van der Waals surface area contributed by atoms with Crippen molar-refractivity contribution >= 4 is 29.3 Å². The van der Waals surface area contributed by atoms with E-state index in [4.69, 9.17) is 11.6 Å². The van der Waals surface area contributed by atoms with E-state index in [9.17, 15) is 24.8 Å². The van der Waals surface area contributed by atoms with Crippen LogP contribution in [-0.4, -0.2) is 58.3 Å². The average molecular weight is 583 g/mol. The van der Waals surface area contributed by atoms with Gasteiger partial charge >= 0.3 is 0 Å². The van der Waals surface area contributed by atoms with Crippen molar-refractivity contribution in [2.75, 3.05) is 6.54 Å². The Morgan fingerprint density at radius 1 is 1.17 bits per heavy atom. The number of amides is 3. The third-order valence-electron chi connectivity index (χ3n) is 9.12. The molecule has 1 saturated carbocycles. The van der Waals surface area contributed by atoms with Crippen molar-refractivity contribution in [2.45, 2.75) is 68.2 Å². The fourth-order valence-corrected chi connectivity index (χ4v) is 7.36. The lowest BCUT2D eigenvalue weighted by Gasteiger charge is -2.54. The predicted octanol–water partition coefficient (Wildman–Crippen LogP) is 3.50. The second-order valence-corrected chi connectivity index (χ2v) is 11.9. The lowest BCUT2D eigenvalue weighted by atomic mass is 9.70. The highest BCUT2D eigenvalue weighted by Gasteiger charge is 2.63. The molecular formula is C30H29ClF2N4O4. The van der Waals surface area contributed by atoms with Crippen molar-refractivity contribution in [1.82, 2.24) is 15.5 Å². The summed E-state index contributed by atoms with van der Waals surface area (Å²) in [7, 11) is 0. The first-order valence-corrected chi connectivity index (χ1v) is 14.2. The second kappa shape index (κ2) is 10.1. The molecule has 8 nitrogen and oxygen atoms in total. The van der Waals surface area contributed by atoms with Crippen LogP contribution >= 0.6 is 11.6 Å². The Morgan fingerprint density at radius 3 is 2.66 bits per heavy atom. The minimum atomic E-state index is -3.22. The van der Waals surface area contributed by atoms with E-state index in [0.29, 0.717) is 24.1 Å². The summed E-state index contributed by atoms with van der Waals surface area (Å²) in [6.45, 7) is 0.538. The monoisotopic (exact) mass is 582 g/mol. The van der Waals surface area contributed by atoms with Crippen molar-refractivity contribution in [3.05, 3.63) is 58.6 Å². The second-order valence-electron chi connectivity index (χ2n) is 11.5. The molecule has 4 fully saturated rings. The molecule has 0 spiro atoms. The normalized spacial score (nSPS) is 30.0. The Labute approximate surface area is 240 Å². The van der Waals surface area contributed by atoms with Gasteiger partial charge in [0.25, 0.3) is 11.8 Å². The van der Waals surface area contributed by atoms with Crippen molar-refractivity contribution in [3.63, 3.8) is 0 Å². The highest BCUT2D eigenvalue weighted by Crippen LogP contribution is 2.54. The van der Waals surface area contributed by atoms with Gasteiger partial charge in [0.05, 0.1) is 12.0 Å². The molecule has 2 aromatic carbocycles. The Hall–Kier alpha value is -3.55. The van der Waals surface area contributed by atoms with Gasteiger partial charge in [0.15, 0.2) is 5.60 Å². The first-order valence-electron chi connectivity index (χ1n) is 13.9. The molecule has 2 aliphatic carbocycles. The zero-order chi connectivity index (χ0) is 29.1. The predicted molar refractivity (Wildman–Crippen MR) is 144 cm³/mol. The number of benzene rings is 2. The molecule has 0 aromatic heterocycles. The van der Waals surface area contributed by atoms with Gasteiger partial charge in [-0.2, -0.15) is 5.26 Å². The Kier molecular flexibility index (Phi) is 6.78. The van der Waals surface area contributed by atoms with Crippen LogP contribution in [0.4, 0.5) is 8.78 Å². The minimum absolute atomic E-state index is 0.0131. The smallest absolute Gasteiger partial charge is 0.264 e. The summed E-state index contributed by atoms with van der Waals surface area (Å²) in [5.41, 5.74) is -0.546. The van der Waals surface area contributed by atoms with Crippen LogP contribution in [0.2, 0.25) is 5.02 Å². The van der Waals surface area contributed by atoms with Crippen LogP contribution in [0.5, 0.6) is 0 Å². The number of nitrogens with zero attached hydrogens (tertiary/aromatic N) is 2. The third kappa shape index (κ3) is 4.37. The van der Waals surface area contributed by atoms with Crippen molar-refractivity contribution in [1.29, 1.82) is 5.26 Å². The maximum absolute atomic E-state index is 15.3. The molecule has 0 radical (unpaired) electrons. The van der Waals surface area contributed by atoms with E-state index in [2.05, 4.69) is 10.6 Å². The summed E-state index contributed by atoms with van der Waals surface area (Å²) in [6.07, 6.45) is 0.943. The van der Waals surface area contributed by atoms with Crippen LogP contribution < -0.4 is 10.6 Å².